The Morgan fingerprint density at radius 1 is 1.03 bits per heavy atom. The maximum atomic E-state index is 13.0. The van der Waals surface area contributed by atoms with Gasteiger partial charge in [0.25, 0.3) is 5.56 Å². The number of benzene rings is 2. The lowest BCUT2D eigenvalue weighted by atomic mass is 10.1. The number of H-pyrrole nitrogens is 1. The topological polar surface area (TPSA) is 78.3 Å². The van der Waals surface area contributed by atoms with Crippen LogP contribution in [0.5, 0.6) is 0 Å². The highest BCUT2D eigenvalue weighted by molar-refractivity contribution is 5.89. The molecular weight excluding hydrogens is 378 g/mol. The molecule has 2 amide bonds. The van der Waals surface area contributed by atoms with Crippen LogP contribution in [0.2, 0.25) is 0 Å². The molecule has 4 aromatic rings. The number of urea groups is 1. The van der Waals surface area contributed by atoms with Crippen LogP contribution in [-0.4, -0.2) is 15.9 Å². The number of amides is 2. The van der Waals surface area contributed by atoms with Gasteiger partial charge in [-0.15, -0.1) is 0 Å². The fraction of sp³-hybridized carbons (Fsp3) is 0.167. The number of rotatable bonds is 6. The van der Waals surface area contributed by atoms with E-state index in [9.17, 15) is 9.59 Å². The van der Waals surface area contributed by atoms with Gasteiger partial charge in [-0.2, -0.15) is 0 Å². The van der Waals surface area contributed by atoms with Crippen LogP contribution in [0.25, 0.3) is 10.9 Å². The summed E-state index contributed by atoms with van der Waals surface area (Å²) in [6.07, 6.45) is 2.48. The number of hydrogen-bond acceptors (Lipinski definition) is 3. The Balaban J connectivity index is 1.64. The van der Waals surface area contributed by atoms with E-state index in [4.69, 9.17) is 4.42 Å². The summed E-state index contributed by atoms with van der Waals surface area (Å²) >= 11 is 0. The van der Waals surface area contributed by atoms with Crippen molar-refractivity contribution in [2.75, 3.05) is 5.32 Å². The molecule has 2 aromatic carbocycles. The molecule has 0 aliphatic carbocycles. The molecule has 0 spiro atoms. The molecule has 2 aromatic heterocycles. The van der Waals surface area contributed by atoms with Crippen LogP contribution in [0.1, 0.15) is 23.8 Å². The molecule has 0 aliphatic heterocycles. The standard InChI is InChI=1S/C24H23N3O3/c1-2-17-10-11-22-18(13-17)14-19(23(28)26-22)15-27(16-21-9-6-12-30-21)24(29)25-20-7-4-3-5-8-20/h3-14H,2,15-16H2,1H3,(H,25,29)(H,26,28). The zero-order valence-corrected chi connectivity index (χ0v) is 16.7. The molecule has 0 atom stereocenters. The zero-order valence-electron chi connectivity index (χ0n) is 16.7. The van der Waals surface area contributed by atoms with Crippen molar-refractivity contribution >= 4 is 22.6 Å². The van der Waals surface area contributed by atoms with Gasteiger partial charge >= 0.3 is 6.03 Å². The highest BCUT2D eigenvalue weighted by Crippen LogP contribution is 2.17. The zero-order chi connectivity index (χ0) is 20.9. The van der Waals surface area contributed by atoms with Crippen molar-refractivity contribution in [2.45, 2.75) is 26.4 Å². The minimum absolute atomic E-state index is 0.154. The molecule has 152 valence electrons. The highest BCUT2D eigenvalue weighted by atomic mass is 16.3. The fourth-order valence-electron chi connectivity index (χ4n) is 3.36. The van der Waals surface area contributed by atoms with E-state index in [1.165, 1.54) is 5.56 Å². The summed E-state index contributed by atoms with van der Waals surface area (Å²) in [6.45, 7) is 2.49. The Hall–Kier alpha value is -3.80. The number of hydrogen-bond donors (Lipinski definition) is 2. The number of aromatic nitrogens is 1. The summed E-state index contributed by atoms with van der Waals surface area (Å²) in [5.41, 5.74) is 2.98. The molecule has 30 heavy (non-hydrogen) atoms. The van der Waals surface area contributed by atoms with Crippen molar-refractivity contribution in [3.63, 3.8) is 0 Å². The summed E-state index contributed by atoms with van der Waals surface area (Å²) in [7, 11) is 0. The van der Waals surface area contributed by atoms with Crippen LogP contribution in [0.3, 0.4) is 0 Å². The second-order valence-corrected chi connectivity index (χ2v) is 7.13. The first-order valence-corrected chi connectivity index (χ1v) is 9.90. The molecule has 0 aliphatic rings. The van der Waals surface area contributed by atoms with Gasteiger partial charge in [-0.3, -0.25) is 4.79 Å². The molecule has 0 saturated heterocycles. The number of carbonyl (C=O) groups is 1. The van der Waals surface area contributed by atoms with Crippen molar-refractivity contribution in [3.05, 3.63) is 100 Å². The summed E-state index contributed by atoms with van der Waals surface area (Å²) < 4.78 is 5.43. The Morgan fingerprint density at radius 2 is 1.87 bits per heavy atom. The second-order valence-electron chi connectivity index (χ2n) is 7.13. The van der Waals surface area contributed by atoms with Crippen molar-refractivity contribution < 1.29 is 9.21 Å². The summed E-state index contributed by atoms with van der Waals surface area (Å²) in [5, 5.41) is 3.83. The number of nitrogens with one attached hydrogen (secondary N) is 2. The summed E-state index contributed by atoms with van der Waals surface area (Å²) in [5.74, 6) is 0.642. The van der Waals surface area contributed by atoms with Crippen LogP contribution in [-0.2, 0) is 19.5 Å². The van der Waals surface area contributed by atoms with Gasteiger partial charge in [0.05, 0.1) is 19.4 Å². The van der Waals surface area contributed by atoms with E-state index in [1.54, 1.807) is 23.3 Å². The minimum atomic E-state index is -0.306. The molecule has 6 heteroatoms. The highest BCUT2D eigenvalue weighted by Gasteiger charge is 2.18. The first kappa shape index (κ1) is 19.5. The summed E-state index contributed by atoms with van der Waals surface area (Å²) in [6, 6.07) is 20.4. The number of anilines is 1. The molecule has 0 fully saturated rings. The number of aromatic amines is 1. The number of carbonyl (C=O) groups excluding carboxylic acids is 1. The lowest BCUT2D eigenvalue weighted by Crippen LogP contribution is -2.35. The first-order valence-electron chi connectivity index (χ1n) is 9.90. The predicted octanol–water partition coefficient (Wildman–Crippen LogP) is 4.92. The Bertz CT molecular complexity index is 1200. The Morgan fingerprint density at radius 3 is 2.60 bits per heavy atom. The molecule has 0 saturated carbocycles. The monoisotopic (exact) mass is 401 g/mol. The van der Waals surface area contributed by atoms with E-state index in [1.807, 2.05) is 48.5 Å². The normalized spacial score (nSPS) is 10.8. The Labute approximate surface area is 174 Å². The van der Waals surface area contributed by atoms with Gasteiger partial charge < -0.3 is 19.6 Å². The van der Waals surface area contributed by atoms with Crippen molar-refractivity contribution in [1.29, 1.82) is 0 Å². The van der Waals surface area contributed by atoms with Crippen LogP contribution in [0, 0.1) is 0 Å². The number of para-hydroxylation sites is 1. The lowest BCUT2D eigenvalue weighted by Gasteiger charge is -2.22. The van der Waals surface area contributed by atoms with Gasteiger partial charge in [-0.1, -0.05) is 31.2 Å². The van der Waals surface area contributed by atoms with Crippen LogP contribution < -0.4 is 10.9 Å². The molecule has 0 radical (unpaired) electrons. The van der Waals surface area contributed by atoms with Gasteiger partial charge in [-0.25, -0.2) is 4.79 Å². The molecule has 0 bridgehead atoms. The van der Waals surface area contributed by atoms with E-state index in [0.717, 1.165) is 17.3 Å². The average Bonchev–Trinajstić information content (AvgIpc) is 3.27. The first-order chi connectivity index (χ1) is 14.6. The Kier molecular flexibility index (Phi) is 5.66. The van der Waals surface area contributed by atoms with E-state index in [0.29, 0.717) is 17.0 Å². The third kappa shape index (κ3) is 4.43. The number of furan rings is 1. The van der Waals surface area contributed by atoms with Crippen molar-refractivity contribution in [2.24, 2.45) is 0 Å². The second kappa shape index (κ2) is 8.69. The maximum absolute atomic E-state index is 13.0. The number of pyridine rings is 1. The molecule has 0 unspecified atom stereocenters. The van der Waals surface area contributed by atoms with Crippen LogP contribution >= 0.6 is 0 Å². The maximum Gasteiger partial charge on any atom is 0.322 e. The smallest absolute Gasteiger partial charge is 0.322 e. The summed E-state index contributed by atoms with van der Waals surface area (Å²) in [4.78, 5) is 30.1. The average molecular weight is 401 g/mol. The third-order valence-corrected chi connectivity index (χ3v) is 4.99. The lowest BCUT2D eigenvalue weighted by molar-refractivity contribution is 0.201. The van der Waals surface area contributed by atoms with Crippen LogP contribution in [0.4, 0.5) is 10.5 Å². The van der Waals surface area contributed by atoms with Crippen molar-refractivity contribution in [3.8, 4) is 0 Å². The van der Waals surface area contributed by atoms with Gasteiger partial charge in [0, 0.05) is 16.8 Å². The van der Waals surface area contributed by atoms with E-state index in [-0.39, 0.29) is 24.7 Å². The quantitative estimate of drug-likeness (QED) is 0.481. The van der Waals surface area contributed by atoms with E-state index in [2.05, 4.69) is 23.3 Å². The van der Waals surface area contributed by atoms with E-state index < -0.39 is 0 Å². The van der Waals surface area contributed by atoms with Gasteiger partial charge in [0.2, 0.25) is 0 Å². The molecule has 4 rings (SSSR count). The van der Waals surface area contributed by atoms with Gasteiger partial charge in [-0.05, 0) is 59.8 Å². The predicted molar refractivity (Wildman–Crippen MR) is 117 cm³/mol. The van der Waals surface area contributed by atoms with Gasteiger partial charge in [0.1, 0.15) is 5.76 Å². The molecule has 2 heterocycles. The number of aryl methyl sites for hydroxylation is 1. The largest absolute Gasteiger partial charge is 0.467 e. The van der Waals surface area contributed by atoms with E-state index >= 15 is 0 Å². The fourth-order valence-corrected chi connectivity index (χ4v) is 3.36. The van der Waals surface area contributed by atoms with Crippen LogP contribution in [0.15, 0.2) is 82.2 Å². The minimum Gasteiger partial charge on any atom is -0.467 e. The SMILES string of the molecule is CCc1ccc2[nH]c(=O)c(CN(Cc3ccco3)C(=O)Nc3ccccc3)cc2c1. The molecule has 6 nitrogen and oxygen atoms in total. The number of fused-ring (bicyclic) bond motifs is 1. The third-order valence-electron chi connectivity index (χ3n) is 4.99. The number of nitrogens with zero attached hydrogens (tertiary/aromatic N) is 1. The molecular formula is C24H23N3O3. The van der Waals surface area contributed by atoms with Crippen molar-refractivity contribution in [1.82, 2.24) is 9.88 Å². The molecule has 2 N–H and O–H groups in total. The van der Waals surface area contributed by atoms with Gasteiger partial charge in [0.15, 0.2) is 0 Å².